The highest BCUT2D eigenvalue weighted by molar-refractivity contribution is 5.85. The third-order valence-electron chi connectivity index (χ3n) is 2.64. The maximum absolute atomic E-state index is 11.9. The Kier molecular flexibility index (Phi) is 2.96. The highest BCUT2D eigenvalue weighted by Crippen LogP contribution is 2.15. The highest BCUT2D eigenvalue weighted by atomic mass is 16.2. The topological polar surface area (TPSA) is 32.3 Å². The van der Waals surface area contributed by atoms with Gasteiger partial charge in [-0.25, -0.2) is 0 Å². The van der Waals surface area contributed by atoms with E-state index in [-0.39, 0.29) is 5.91 Å². The van der Waals surface area contributed by atoms with Crippen LogP contribution in [0.3, 0.4) is 0 Å². The minimum Gasteiger partial charge on any atom is -0.341 e. The molecule has 1 aliphatic heterocycles. The number of hydrogen-bond acceptors (Lipinski definition) is 2. The number of amides is 1. The summed E-state index contributed by atoms with van der Waals surface area (Å²) in [4.78, 5) is 13.8. The van der Waals surface area contributed by atoms with Gasteiger partial charge in [-0.05, 0) is 34.1 Å². The van der Waals surface area contributed by atoms with E-state index in [0.717, 1.165) is 19.5 Å². The molecule has 1 N–H and O–H groups in total. The molecule has 1 unspecified atom stereocenters. The summed E-state index contributed by atoms with van der Waals surface area (Å²) in [6, 6.07) is 0.426. The minimum atomic E-state index is -0.397. The second kappa shape index (κ2) is 3.66. The Balaban J connectivity index is 2.80. The van der Waals surface area contributed by atoms with Crippen molar-refractivity contribution in [3.63, 3.8) is 0 Å². The number of hydrogen-bond donors (Lipinski definition) is 1. The fourth-order valence-electron chi connectivity index (χ4n) is 1.90. The van der Waals surface area contributed by atoms with E-state index in [1.807, 2.05) is 25.7 Å². The molecule has 13 heavy (non-hydrogen) atoms. The SMILES string of the molecule is CCN1CCC(C)NC(C)(C)C1=O. The lowest BCUT2D eigenvalue weighted by atomic mass is 10.0. The van der Waals surface area contributed by atoms with Crippen LogP contribution in [0.1, 0.15) is 34.1 Å². The van der Waals surface area contributed by atoms with Crippen LogP contribution in [0.2, 0.25) is 0 Å². The smallest absolute Gasteiger partial charge is 0.242 e. The molecule has 3 heteroatoms. The van der Waals surface area contributed by atoms with Gasteiger partial charge in [-0.2, -0.15) is 0 Å². The number of carbonyl (C=O) groups is 1. The fraction of sp³-hybridized carbons (Fsp3) is 0.900. The third kappa shape index (κ3) is 2.21. The molecule has 0 aromatic carbocycles. The average Bonchev–Trinajstić information content (AvgIpc) is 2.11. The maximum Gasteiger partial charge on any atom is 0.242 e. The average molecular weight is 184 g/mol. The number of nitrogens with one attached hydrogen (secondary N) is 1. The predicted molar refractivity (Wildman–Crippen MR) is 53.5 cm³/mol. The number of carbonyl (C=O) groups excluding carboxylic acids is 1. The van der Waals surface area contributed by atoms with Crippen molar-refractivity contribution in [2.45, 2.75) is 45.7 Å². The zero-order chi connectivity index (χ0) is 10.1. The maximum atomic E-state index is 11.9. The summed E-state index contributed by atoms with van der Waals surface area (Å²) < 4.78 is 0. The van der Waals surface area contributed by atoms with Gasteiger partial charge in [0.25, 0.3) is 0 Å². The molecule has 0 aliphatic carbocycles. The van der Waals surface area contributed by atoms with Crippen LogP contribution < -0.4 is 5.32 Å². The minimum absolute atomic E-state index is 0.222. The molecular formula is C10H20N2O. The van der Waals surface area contributed by atoms with E-state index in [1.165, 1.54) is 0 Å². The summed E-state index contributed by atoms with van der Waals surface area (Å²) in [7, 11) is 0. The van der Waals surface area contributed by atoms with E-state index in [9.17, 15) is 4.79 Å². The van der Waals surface area contributed by atoms with Crippen molar-refractivity contribution in [3.05, 3.63) is 0 Å². The van der Waals surface area contributed by atoms with Crippen molar-refractivity contribution >= 4 is 5.91 Å². The molecule has 1 atom stereocenters. The van der Waals surface area contributed by atoms with Gasteiger partial charge in [-0.3, -0.25) is 4.79 Å². The zero-order valence-corrected chi connectivity index (χ0v) is 9.05. The molecule has 0 aromatic rings. The van der Waals surface area contributed by atoms with Gasteiger partial charge in [0.1, 0.15) is 0 Å². The molecular weight excluding hydrogens is 164 g/mol. The Labute approximate surface area is 80.5 Å². The van der Waals surface area contributed by atoms with E-state index >= 15 is 0 Å². The van der Waals surface area contributed by atoms with Gasteiger partial charge in [0, 0.05) is 19.1 Å². The highest BCUT2D eigenvalue weighted by Gasteiger charge is 2.34. The van der Waals surface area contributed by atoms with Gasteiger partial charge in [-0.1, -0.05) is 0 Å². The lowest BCUT2D eigenvalue weighted by molar-refractivity contribution is -0.135. The molecule has 3 nitrogen and oxygen atoms in total. The number of nitrogens with zero attached hydrogens (tertiary/aromatic N) is 1. The second-order valence-electron chi connectivity index (χ2n) is 4.34. The van der Waals surface area contributed by atoms with Gasteiger partial charge in [0.15, 0.2) is 0 Å². The largest absolute Gasteiger partial charge is 0.341 e. The van der Waals surface area contributed by atoms with E-state index in [1.54, 1.807) is 0 Å². The molecule has 76 valence electrons. The van der Waals surface area contributed by atoms with Gasteiger partial charge in [-0.15, -0.1) is 0 Å². The van der Waals surface area contributed by atoms with Crippen molar-refractivity contribution in [1.29, 1.82) is 0 Å². The molecule has 1 aliphatic rings. The molecule has 1 saturated heterocycles. The van der Waals surface area contributed by atoms with E-state index in [4.69, 9.17) is 0 Å². The van der Waals surface area contributed by atoms with Crippen LogP contribution >= 0.6 is 0 Å². The first-order valence-electron chi connectivity index (χ1n) is 5.04. The van der Waals surface area contributed by atoms with Crippen molar-refractivity contribution in [1.82, 2.24) is 10.2 Å². The Morgan fingerprint density at radius 2 is 2.23 bits per heavy atom. The molecule has 0 aromatic heterocycles. The van der Waals surface area contributed by atoms with Gasteiger partial charge >= 0.3 is 0 Å². The first-order chi connectivity index (χ1) is 5.97. The first kappa shape index (κ1) is 10.5. The summed E-state index contributed by atoms with van der Waals surface area (Å²) in [6.07, 6.45) is 1.04. The van der Waals surface area contributed by atoms with Crippen LogP contribution in [0.25, 0.3) is 0 Å². The lowest BCUT2D eigenvalue weighted by Crippen LogP contribution is -2.53. The monoisotopic (exact) mass is 184 g/mol. The van der Waals surface area contributed by atoms with Crippen molar-refractivity contribution in [2.24, 2.45) is 0 Å². The number of rotatable bonds is 1. The molecule has 0 bridgehead atoms. The van der Waals surface area contributed by atoms with Gasteiger partial charge < -0.3 is 10.2 Å². The predicted octanol–water partition coefficient (Wildman–Crippen LogP) is 0.995. The van der Waals surface area contributed by atoms with Crippen LogP contribution in [-0.2, 0) is 4.79 Å². The van der Waals surface area contributed by atoms with E-state index in [2.05, 4.69) is 12.2 Å². The number of likely N-dealkylation sites (N-methyl/N-ethyl adjacent to an activating group) is 1. The molecule has 1 amide bonds. The second-order valence-corrected chi connectivity index (χ2v) is 4.34. The van der Waals surface area contributed by atoms with Crippen molar-refractivity contribution in [3.8, 4) is 0 Å². The molecule has 1 fully saturated rings. The van der Waals surface area contributed by atoms with Gasteiger partial charge in [0.2, 0.25) is 5.91 Å². The Bertz CT molecular complexity index is 201. The van der Waals surface area contributed by atoms with Crippen LogP contribution in [0.15, 0.2) is 0 Å². The van der Waals surface area contributed by atoms with Crippen LogP contribution in [0.5, 0.6) is 0 Å². The molecule has 1 heterocycles. The van der Waals surface area contributed by atoms with Crippen LogP contribution in [0.4, 0.5) is 0 Å². The third-order valence-corrected chi connectivity index (χ3v) is 2.64. The Morgan fingerprint density at radius 3 is 2.77 bits per heavy atom. The molecule has 0 radical (unpaired) electrons. The summed E-state index contributed by atoms with van der Waals surface area (Å²) in [6.45, 7) is 9.78. The molecule has 1 rings (SSSR count). The fourth-order valence-corrected chi connectivity index (χ4v) is 1.90. The Hall–Kier alpha value is -0.570. The summed E-state index contributed by atoms with van der Waals surface area (Å²) in [5.74, 6) is 0.222. The first-order valence-corrected chi connectivity index (χ1v) is 5.04. The van der Waals surface area contributed by atoms with Crippen molar-refractivity contribution < 1.29 is 4.79 Å². The lowest BCUT2D eigenvalue weighted by Gasteiger charge is -2.29. The van der Waals surface area contributed by atoms with Crippen LogP contribution in [-0.4, -0.2) is 35.5 Å². The van der Waals surface area contributed by atoms with Crippen LogP contribution in [0, 0.1) is 0 Å². The standard InChI is InChI=1S/C10H20N2O/c1-5-12-7-6-8(2)11-10(3,4)9(12)13/h8,11H,5-7H2,1-4H3. The normalized spacial score (nSPS) is 28.8. The summed E-state index contributed by atoms with van der Waals surface area (Å²) in [5, 5.41) is 3.34. The quantitative estimate of drug-likeness (QED) is 0.659. The van der Waals surface area contributed by atoms with Gasteiger partial charge in [0.05, 0.1) is 5.54 Å². The van der Waals surface area contributed by atoms with Crippen molar-refractivity contribution in [2.75, 3.05) is 13.1 Å². The summed E-state index contributed by atoms with van der Waals surface area (Å²) >= 11 is 0. The van der Waals surface area contributed by atoms with E-state index in [0.29, 0.717) is 6.04 Å². The zero-order valence-electron chi connectivity index (χ0n) is 9.05. The molecule has 0 spiro atoms. The van der Waals surface area contributed by atoms with E-state index < -0.39 is 5.54 Å². The molecule has 0 saturated carbocycles. The summed E-state index contributed by atoms with van der Waals surface area (Å²) in [5.41, 5.74) is -0.397. The Morgan fingerprint density at radius 1 is 1.62 bits per heavy atom.